The molecule has 0 saturated heterocycles. The zero-order valence-corrected chi connectivity index (χ0v) is 16.2. The predicted octanol–water partition coefficient (Wildman–Crippen LogP) is 4.93. The molecule has 0 aromatic heterocycles. The molecule has 1 aromatic rings. The number of hydrogen-bond acceptors (Lipinski definition) is 4. The molecule has 0 heterocycles. The summed E-state index contributed by atoms with van der Waals surface area (Å²) in [5.41, 5.74) is 9.37. The van der Waals surface area contributed by atoms with E-state index in [1.54, 1.807) is 7.11 Å². The van der Waals surface area contributed by atoms with Crippen LogP contribution < -0.4 is 5.73 Å². The average molecular weight is 350 g/mol. The SMILES string of the molecule is CCCCCCCCCCc1cc(N)c(CCOC)c(C(=O)OC)c1. The molecular formula is C21H35NO3. The van der Waals surface area contributed by atoms with Gasteiger partial charge in [-0.3, -0.25) is 0 Å². The second-order valence-electron chi connectivity index (χ2n) is 6.67. The number of nitrogen functional groups attached to an aromatic ring is 1. The fraction of sp³-hybridized carbons (Fsp3) is 0.667. The standard InChI is InChI=1S/C21H35NO3/c1-4-5-6-7-8-9-10-11-12-17-15-19(21(23)25-3)18(13-14-24-2)20(22)16-17/h15-16H,4-14,22H2,1-3H3. The van der Waals surface area contributed by atoms with Crippen LogP contribution in [-0.4, -0.2) is 26.8 Å². The Balaban J connectivity index is 2.56. The van der Waals surface area contributed by atoms with E-state index in [0.717, 1.165) is 24.0 Å². The van der Waals surface area contributed by atoms with Gasteiger partial charge in [0.2, 0.25) is 0 Å². The minimum Gasteiger partial charge on any atom is -0.465 e. The number of nitrogens with two attached hydrogens (primary N) is 1. The van der Waals surface area contributed by atoms with E-state index in [1.165, 1.54) is 52.1 Å². The third-order valence-corrected chi connectivity index (χ3v) is 4.62. The number of rotatable bonds is 13. The summed E-state index contributed by atoms with van der Waals surface area (Å²) >= 11 is 0. The Bertz CT molecular complexity index is 514. The zero-order valence-electron chi connectivity index (χ0n) is 16.2. The molecule has 1 aromatic carbocycles. The first-order valence-electron chi connectivity index (χ1n) is 9.62. The third kappa shape index (κ3) is 7.91. The van der Waals surface area contributed by atoms with Gasteiger partial charge < -0.3 is 15.2 Å². The van der Waals surface area contributed by atoms with Gasteiger partial charge in [-0.1, -0.05) is 51.9 Å². The summed E-state index contributed by atoms with van der Waals surface area (Å²) in [6.45, 7) is 2.78. The fourth-order valence-corrected chi connectivity index (χ4v) is 3.14. The van der Waals surface area contributed by atoms with E-state index >= 15 is 0 Å². The number of esters is 1. The van der Waals surface area contributed by atoms with E-state index < -0.39 is 0 Å². The minimum atomic E-state index is -0.324. The van der Waals surface area contributed by atoms with E-state index in [0.29, 0.717) is 24.3 Å². The molecule has 0 spiro atoms. The summed E-state index contributed by atoms with van der Waals surface area (Å²) in [5, 5.41) is 0. The summed E-state index contributed by atoms with van der Waals surface area (Å²) in [7, 11) is 3.05. The van der Waals surface area contributed by atoms with Gasteiger partial charge >= 0.3 is 5.97 Å². The lowest BCUT2D eigenvalue weighted by molar-refractivity contribution is 0.0599. The topological polar surface area (TPSA) is 61.5 Å². The van der Waals surface area contributed by atoms with Crippen molar-refractivity contribution in [2.24, 2.45) is 0 Å². The maximum absolute atomic E-state index is 12.1. The first-order chi connectivity index (χ1) is 12.1. The molecule has 1 rings (SSSR count). The van der Waals surface area contributed by atoms with Crippen LogP contribution in [0.1, 0.15) is 79.8 Å². The molecule has 0 unspecified atom stereocenters. The highest BCUT2D eigenvalue weighted by Crippen LogP contribution is 2.23. The summed E-state index contributed by atoms with van der Waals surface area (Å²) in [6, 6.07) is 3.94. The quantitative estimate of drug-likeness (QED) is 0.312. The number of ether oxygens (including phenoxy) is 2. The predicted molar refractivity (Wildman–Crippen MR) is 104 cm³/mol. The molecule has 0 bridgehead atoms. The van der Waals surface area contributed by atoms with Gasteiger partial charge in [-0.05, 0) is 42.5 Å². The van der Waals surface area contributed by atoms with Crippen molar-refractivity contribution in [2.45, 2.75) is 71.1 Å². The van der Waals surface area contributed by atoms with Gasteiger partial charge in [-0.25, -0.2) is 4.79 Å². The number of carbonyl (C=O) groups excluding carboxylic acids is 1. The highest BCUT2D eigenvalue weighted by Gasteiger charge is 2.16. The monoisotopic (exact) mass is 349 g/mol. The van der Waals surface area contributed by atoms with Crippen LogP contribution in [0, 0.1) is 0 Å². The summed E-state index contributed by atoms with van der Waals surface area (Å²) in [5.74, 6) is -0.324. The van der Waals surface area contributed by atoms with Crippen LogP contribution in [0.3, 0.4) is 0 Å². The highest BCUT2D eigenvalue weighted by atomic mass is 16.5. The molecule has 2 N–H and O–H groups in total. The van der Waals surface area contributed by atoms with Crippen LogP contribution in [0.15, 0.2) is 12.1 Å². The molecule has 0 aliphatic heterocycles. The van der Waals surface area contributed by atoms with E-state index in [2.05, 4.69) is 6.92 Å². The van der Waals surface area contributed by atoms with Crippen molar-refractivity contribution in [1.82, 2.24) is 0 Å². The molecule has 0 radical (unpaired) electrons. The molecule has 4 heteroatoms. The van der Waals surface area contributed by atoms with Crippen LogP contribution >= 0.6 is 0 Å². The van der Waals surface area contributed by atoms with E-state index in [1.807, 2.05) is 12.1 Å². The van der Waals surface area contributed by atoms with E-state index in [4.69, 9.17) is 15.2 Å². The molecule has 0 fully saturated rings. The van der Waals surface area contributed by atoms with Crippen molar-refractivity contribution in [1.29, 1.82) is 0 Å². The molecule has 0 aliphatic carbocycles. The molecule has 4 nitrogen and oxygen atoms in total. The van der Waals surface area contributed by atoms with Crippen LogP contribution in [0.2, 0.25) is 0 Å². The first-order valence-corrected chi connectivity index (χ1v) is 9.62. The highest BCUT2D eigenvalue weighted by molar-refractivity contribution is 5.93. The lowest BCUT2D eigenvalue weighted by Crippen LogP contribution is -2.11. The number of aryl methyl sites for hydroxylation is 1. The fourth-order valence-electron chi connectivity index (χ4n) is 3.14. The molecular weight excluding hydrogens is 314 g/mol. The van der Waals surface area contributed by atoms with E-state index in [9.17, 15) is 4.79 Å². The molecule has 25 heavy (non-hydrogen) atoms. The van der Waals surface area contributed by atoms with Gasteiger partial charge in [0.1, 0.15) is 0 Å². The average Bonchev–Trinajstić information content (AvgIpc) is 2.62. The normalized spacial score (nSPS) is 10.8. The minimum absolute atomic E-state index is 0.324. The molecule has 0 amide bonds. The summed E-state index contributed by atoms with van der Waals surface area (Å²) in [4.78, 5) is 12.1. The number of carbonyl (C=O) groups is 1. The van der Waals surface area contributed by atoms with Crippen molar-refractivity contribution in [3.63, 3.8) is 0 Å². The lowest BCUT2D eigenvalue weighted by atomic mass is 9.96. The van der Waals surface area contributed by atoms with Gasteiger partial charge in [0, 0.05) is 12.8 Å². The van der Waals surface area contributed by atoms with Crippen molar-refractivity contribution in [2.75, 3.05) is 26.6 Å². The van der Waals surface area contributed by atoms with Gasteiger partial charge in [0.25, 0.3) is 0 Å². The number of benzene rings is 1. The van der Waals surface area contributed by atoms with Crippen molar-refractivity contribution >= 4 is 11.7 Å². The first kappa shape index (κ1) is 21.5. The number of unbranched alkanes of at least 4 members (excludes halogenated alkanes) is 7. The van der Waals surface area contributed by atoms with Crippen LogP contribution in [-0.2, 0) is 22.3 Å². The number of hydrogen-bond donors (Lipinski definition) is 1. The summed E-state index contributed by atoms with van der Waals surface area (Å²) in [6.07, 6.45) is 11.9. The van der Waals surface area contributed by atoms with Gasteiger partial charge in [0.15, 0.2) is 0 Å². The molecule has 0 atom stereocenters. The zero-order chi connectivity index (χ0) is 18.5. The molecule has 142 valence electrons. The second-order valence-corrected chi connectivity index (χ2v) is 6.67. The maximum Gasteiger partial charge on any atom is 0.338 e. The van der Waals surface area contributed by atoms with Crippen molar-refractivity contribution in [3.8, 4) is 0 Å². The smallest absolute Gasteiger partial charge is 0.338 e. The van der Waals surface area contributed by atoms with Gasteiger partial charge in [0.05, 0.1) is 19.3 Å². The Labute approximate surface area is 153 Å². The summed E-state index contributed by atoms with van der Waals surface area (Å²) < 4.78 is 10.0. The molecule has 0 aliphatic rings. The van der Waals surface area contributed by atoms with E-state index in [-0.39, 0.29) is 5.97 Å². The Kier molecular flexibility index (Phi) is 11.0. The Morgan fingerprint density at radius 2 is 1.60 bits per heavy atom. The second kappa shape index (κ2) is 12.8. The van der Waals surface area contributed by atoms with Crippen LogP contribution in [0.25, 0.3) is 0 Å². The third-order valence-electron chi connectivity index (χ3n) is 4.62. The Morgan fingerprint density at radius 1 is 0.960 bits per heavy atom. The number of anilines is 1. The number of methoxy groups -OCH3 is 2. The Morgan fingerprint density at radius 3 is 2.20 bits per heavy atom. The Hall–Kier alpha value is -1.55. The largest absolute Gasteiger partial charge is 0.465 e. The van der Waals surface area contributed by atoms with Crippen molar-refractivity contribution < 1.29 is 14.3 Å². The van der Waals surface area contributed by atoms with Crippen LogP contribution in [0.5, 0.6) is 0 Å². The van der Waals surface area contributed by atoms with Gasteiger partial charge in [-0.2, -0.15) is 0 Å². The van der Waals surface area contributed by atoms with Gasteiger partial charge in [-0.15, -0.1) is 0 Å². The lowest BCUT2D eigenvalue weighted by Gasteiger charge is -2.13. The van der Waals surface area contributed by atoms with Crippen molar-refractivity contribution in [3.05, 3.63) is 28.8 Å². The molecule has 0 saturated carbocycles. The maximum atomic E-state index is 12.1. The van der Waals surface area contributed by atoms with Crippen LogP contribution in [0.4, 0.5) is 5.69 Å².